The van der Waals surface area contributed by atoms with Crippen molar-refractivity contribution in [1.29, 1.82) is 0 Å². The van der Waals surface area contributed by atoms with Gasteiger partial charge in [-0.2, -0.15) is 10.2 Å². The average molecular weight is 388 g/mol. The molecule has 0 saturated heterocycles. The van der Waals surface area contributed by atoms with Crippen LogP contribution < -0.4 is 0 Å². The molecule has 150 valence electrons. The van der Waals surface area contributed by atoms with Crippen LogP contribution in [0.2, 0.25) is 0 Å². The molecule has 0 bridgehead atoms. The molecule has 0 aliphatic heterocycles. The maximum Gasteiger partial charge on any atom is 0.157 e. The van der Waals surface area contributed by atoms with Crippen molar-refractivity contribution in [2.75, 3.05) is 0 Å². The smallest absolute Gasteiger partial charge is 0.157 e. The lowest BCUT2D eigenvalue weighted by Gasteiger charge is -2.15. The van der Waals surface area contributed by atoms with Gasteiger partial charge in [0.15, 0.2) is 5.65 Å². The molecule has 0 radical (unpaired) electrons. The van der Waals surface area contributed by atoms with E-state index in [2.05, 4.69) is 69.2 Å². The number of hydrogen-bond acceptors (Lipinski definition) is 3. The molecule has 0 atom stereocenters. The summed E-state index contributed by atoms with van der Waals surface area (Å²) in [5, 5.41) is 9.46. The van der Waals surface area contributed by atoms with Gasteiger partial charge in [0.05, 0.1) is 29.0 Å². The Bertz CT molecular complexity index is 1140. The van der Waals surface area contributed by atoms with E-state index in [1.165, 1.54) is 11.1 Å². The maximum absolute atomic E-state index is 4.97. The van der Waals surface area contributed by atoms with E-state index in [4.69, 9.17) is 10.1 Å². The number of nitrogens with zero attached hydrogens (tertiary/aromatic N) is 5. The SMILES string of the molecule is CCC(CC)c1cc(C)nn2c(-c3cnn(C)c3C3=CCC=CC=C3)c(C)nc12. The zero-order valence-corrected chi connectivity index (χ0v) is 18.0. The molecule has 4 rings (SSSR count). The number of aryl methyl sites for hydroxylation is 3. The van der Waals surface area contributed by atoms with Crippen molar-refractivity contribution < 1.29 is 0 Å². The highest BCUT2D eigenvalue weighted by atomic mass is 15.3. The van der Waals surface area contributed by atoms with E-state index in [-0.39, 0.29) is 0 Å². The van der Waals surface area contributed by atoms with Gasteiger partial charge in [0.2, 0.25) is 0 Å². The fraction of sp³-hybridized carbons (Fsp3) is 0.375. The van der Waals surface area contributed by atoms with E-state index >= 15 is 0 Å². The van der Waals surface area contributed by atoms with Crippen LogP contribution in [0.15, 0.2) is 42.6 Å². The third kappa shape index (κ3) is 3.35. The molecule has 3 aromatic rings. The molecule has 3 aromatic heterocycles. The Hall–Kier alpha value is -2.95. The molecule has 0 amide bonds. The van der Waals surface area contributed by atoms with Gasteiger partial charge < -0.3 is 0 Å². The molecule has 0 spiro atoms. The summed E-state index contributed by atoms with van der Waals surface area (Å²) >= 11 is 0. The molecule has 0 unspecified atom stereocenters. The largest absolute Gasteiger partial charge is 0.267 e. The summed E-state index contributed by atoms with van der Waals surface area (Å²) in [5.41, 5.74) is 8.64. The summed E-state index contributed by atoms with van der Waals surface area (Å²) in [6, 6.07) is 2.20. The fourth-order valence-corrected chi connectivity index (χ4v) is 4.32. The van der Waals surface area contributed by atoms with Gasteiger partial charge >= 0.3 is 0 Å². The molecule has 1 aliphatic carbocycles. The predicted octanol–water partition coefficient (Wildman–Crippen LogP) is 5.55. The fourth-order valence-electron chi connectivity index (χ4n) is 4.32. The number of hydrogen-bond donors (Lipinski definition) is 0. The molecule has 1 aliphatic rings. The Balaban J connectivity index is 1.97. The van der Waals surface area contributed by atoms with Crippen molar-refractivity contribution >= 4 is 11.2 Å². The quantitative estimate of drug-likeness (QED) is 0.577. The summed E-state index contributed by atoms with van der Waals surface area (Å²) in [5.74, 6) is 0.487. The summed E-state index contributed by atoms with van der Waals surface area (Å²) in [4.78, 5) is 4.97. The molecule has 0 fully saturated rings. The molecule has 29 heavy (non-hydrogen) atoms. The topological polar surface area (TPSA) is 48.0 Å². The minimum absolute atomic E-state index is 0.487. The predicted molar refractivity (Wildman–Crippen MR) is 119 cm³/mol. The van der Waals surface area contributed by atoms with Crippen LogP contribution in [-0.4, -0.2) is 24.4 Å². The van der Waals surface area contributed by atoms with Crippen LogP contribution in [0.25, 0.3) is 22.5 Å². The minimum Gasteiger partial charge on any atom is -0.267 e. The lowest BCUT2D eigenvalue weighted by atomic mass is 9.95. The molecule has 0 aromatic carbocycles. The van der Waals surface area contributed by atoms with E-state index in [0.717, 1.165) is 53.2 Å². The molecular formula is C24H29N5. The van der Waals surface area contributed by atoms with Crippen LogP contribution in [0.3, 0.4) is 0 Å². The Morgan fingerprint density at radius 1 is 1.10 bits per heavy atom. The number of allylic oxidation sites excluding steroid dienone is 6. The van der Waals surface area contributed by atoms with Crippen molar-refractivity contribution in [1.82, 2.24) is 24.4 Å². The first-order valence-electron chi connectivity index (χ1n) is 10.5. The van der Waals surface area contributed by atoms with Crippen LogP contribution in [0.4, 0.5) is 0 Å². The average Bonchev–Trinajstić information content (AvgIpc) is 3.09. The van der Waals surface area contributed by atoms with Crippen LogP contribution in [-0.2, 0) is 7.05 Å². The highest BCUT2D eigenvalue weighted by Crippen LogP contribution is 2.35. The van der Waals surface area contributed by atoms with Gasteiger partial charge in [-0.25, -0.2) is 9.50 Å². The van der Waals surface area contributed by atoms with E-state index in [1.54, 1.807) is 0 Å². The van der Waals surface area contributed by atoms with Crippen LogP contribution in [0, 0.1) is 13.8 Å². The van der Waals surface area contributed by atoms with Gasteiger partial charge in [0.1, 0.15) is 0 Å². The minimum atomic E-state index is 0.487. The number of fused-ring (bicyclic) bond motifs is 1. The normalized spacial score (nSPS) is 14.1. The maximum atomic E-state index is 4.97. The van der Waals surface area contributed by atoms with Gasteiger partial charge in [-0.3, -0.25) is 4.68 Å². The van der Waals surface area contributed by atoms with Crippen LogP contribution in [0.1, 0.15) is 61.7 Å². The second kappa shape index (κ2) is 7.82. The van der Waals surface area contributed by atoms with Gasteiger partial charge in [-0.1, -0.05) is 44.2 Å². The Labute approximate surface area is 172 Å². The lowest BCUT2D eigenvalue weighted by Crippen LogP contribution is -2.05. The molecule has 3 heterocycles. The Morgan fingerprint density at radius 3 is 2.66 bits per heavy atom. The highest BCUT2D eigenvalue weighted by molar-refractivity contribution is 5.84. The third-order valence-electron chi connectivity index (χ3n) is 5.80. The molecule has 0 saturated carbocycles. The first-order chi connectivity index (χ1) is 14.0. The summed E-state index contributed by atoms with van der Waals surface area (Å²) in [6.45, 7) is 8.63. The molecule has 0 N–H and O–H groups in total. The first kappa shape index (κ1) is 19.4. The van der Waals surface area contributed by atoms with Crippen molar-refractivity contribution in [2.45, 2.75) is 52.9 Å². The van der Waals surface area contributed by atoms with Crippen LogP contribution in [0.5, 0.6) is 0 Å². The number of imidazole rings is 1. The molecule has 5 nitrogen and oxygen atoms in total. The van der Waals surface area contributed by atoms with E-state index in [1.807, 2.05) is 22.4 Å². The van der Waals surface area contributed by atoms with Gasteiger partial charge in [0.25, 0.3) is 0 Å². The lowest BCUT2D eigenvalue weighted by molar-refractivity contribution is 0.638. The Morgan fingerprint density at radius 2 is 1.90 bits per heavy atom. The van der Waals surface area contributed by atoms with E-state index in [0.29, 0.717) is 5.92 Å². The zero-order valence-electron chi connectivity index (χ0n) is 18.0. The number of rotatable bonds is 5. The number of aromatic nitrogens is 5. The monoisotopic (exact) mass is 387 g/mol. The standard InChI is InChI=1S/C24H29N5/c1-6-18(7-2)20-14-16(3)27-29-22(17(4)26-24(20)29)21-15-25-28(5)23(21)19-12-10-8-9-11-13-19/h8-10,12-15,18H,6-7,11H2,1-5H3. The first-order valence-corrected chi connectivity index (χ1v) is 10.5. The van der Waals surface area contributed by atoms with Crippen molar-refractivity contribution in [2.24, 2.45) is 7.05 Å². The second-order valence-electron chi connectivity index (χ2n) is 7.75. The summed E-state index contributed by atoms with van der Waals surface area (Å²) in [7, 11) is 2.00. The summed E-state index contributed by atoms with van der Waals surface area (Å²) < 4.78 is 3.99. The van der Waals surface area contributed by atoms with Crippen molar-refractivity contribution in [3.8, 4) is 11.3 Å². The second-order valence-corrected chi connectivity index (χ2v) is 7.75. The zero-order chi connectivity index (χ0) is 20.5. The Kier molecular flexibility index (Phi) is 5.22. The third-order valence-corrected chi connectivity index (χ3v) is 5.80. The van der Waals surface area contributed by atoms with Gasteiger partial charge in [-0.05, 0) is 50.7 Å². The molecule has 5 heteroatoms. The van der Waals surface area contributed by atoms with Crippen molar-refractivity contribution in [3.05, 3.63) is 65.3 Å². The van der Waals surface area contributed by atoms with Gasteiger partial charge in [0, 0.05) is 18.2 Å². The van der Waals surface area contributed by atoms with Crippen molar-refractivity contribution in [3.63, 3.8) is 0 Å². The molecular weight excluding hydrogens is 358 g/mol. The highest BCUT2D eigenvalue weighted by Gasteiger charge is 2.23. The summed E-state index contributed by atoms with van der Waals surface area (Å²) in [6.07, 6.45) is 15.8. The van der Waals surface area contributed by atoms with Crippen LogP contribution >= 0.6 is 0 Å². The van der Waals surface area contributed by atoms with E-state index in [9.17, 15) is 0 Å². The van der Waals surface area contributed by atoms with Gasteiger partial charge in [-0.15, -0.1) is 0 Å². The van der Waals surface area contributed by atoms with E-state index < -0.39 is 0 Å².